The van der Waals surface area contributed by atoms with Crippen LogP contribution in [0, 0.1) is 0 Å². The molecule has 5 nitrogen and oxygen atoms in total. The number of hydroxylamine groups is 2. The van der Waals surface area contributed by atoms with Crippen molar-refractivity contribution in [2.24, 2.45) is 9.74 Å². The second-order valence-electron chi connectivity index (χ2n) is 9.27. The fourth-order valence-corrected chi connectivity index (χ4v) is 8.09. The van der Waals surface area contributed by atoms with Gasteiger partial charge in [0.05, 0.1) is 20.1 Å². The van der Waals surface area contributed by atoms with Crippen molar-refractivity contribution in [1.29, 1.82) is 0 Å². The van der Waals surface area contributed by atoms with E-state index in [1.54, 1.807) is 0 Å². The lowest BCUT2D eigenvalue weighted by Gasteiger charge is -2.28. The van der Waals surface area contributed by atoms with Gasteiger partial charge in [-0.15, -0.1) is 10.3 Å². The molecule has 1 radical (unpaired) electrons. The van der Waals surface area contributed by atoms with Crippen molar-refractivity contribution >= 4 is 28.8 Å². The topological polar surface area (TPSA) is 59.9 Å². The number of hydrogen-bond donors (Lipinski definition) is 1. The zero-order chi connectivity index (χ0) is 23.5. The number of amidine groups is 1. The summed E-state index contributed by atoms with van der Waals surface area (Å²) in [6.07, 6.45) is 0. The van der Waals surface area contributed by atoms with E-state index in [4.69, 9.17) is 9.74 Å². The first-order valence-electron chi connectivity index (χ1n) is 11.3. The summed E-state index contributed by atoms with van der Waals surface area (Å²) in [5.74, 6) is 0.723. The molecule has 0 saturated carbocycles. The third kappa shape index (κ3) is 4.41. The van der Waals surface area contributed by atoms with E-state index in [1.807, 2.05) is 45.9 Å². The van der Waals surface area contributed by atoms with Crippen LogP contribution in [0.5, 0.6) is 0 Å². The Morgan fingerprint density at radius 3 is 1.52 bits per heavy atom. The number of aliphatic imine (C=N–C) groups is 1. The van der Waals surface area contributed by atoms with Crippen LogP contribution in [0.1, 0.15) is 27.7 Å². The van der Waals surface area contributed by atoms with E-state index in [0.29, 0.717) is 13.1 Å². The van der Waals surface area contributed by atoms with Crippen LogP contribution in [0.15, 0.2) is 101 Å². The van der Waals surface area contributed by atoms with E-state index in [0.717, 1.165) is 10.9 Å². The summed E-state index contributed by atoms with van der Waals surface area (Å²) in [6.45, 7) is 8.66. The molecule has 0 bridgehead atoms. The predicted octanol–water partition coefficient (Wildman–Crippen LogP) is 4.33. The van der Waals surface area contributed by atoms with Crippen molar-refractivity contribution in [2.75, 3.05) is 13.1 Å². The maximum atomic E-state index is 12.7. The van der Waals surface area contributed by atoms with Crippen LogP contribution in [-0.2, 0) is 5.21 Å². The highest BCUT2D eigenvalue weighted by Crippen LogP contribution is 2.46. The average molecular weight is 460 g/mol. The van der Waals surface area contributed by atoms with Crippen molar-refractivity contribution in [3.63, 3.8) is 0 Å². The van der Waals surface area contributed by atoms with Crippen LogP contribution in [-0.4, -0.2) is 35.2 Å². The number of nitrogens with one attached hydrogen (secondary N) is 1. The maximum absolute atomic E-state index is 12.7. The SMILES string of the molecule is CC1(C)NC(=NCCN=P(c2ccccc2)(c2ccccc2)c2ccccc2)C(C)(C)N1[O]. The Morgan fingerprint density at radius 1 is 0.727 bits per heavy atom. The molecule has 1 fully saturated rings. The predicted molar refractivity (Wildman–Crippen MR) is 139 cm³/mol. The van der Waals surface area contributed by atoms with Gasteiger partial charge >= 0.3 is 0 Å². The monoisotopic (exact) mass is 459 g/mol. The minimum Gasteiger partial charge on any atom is -0.353 e. The van der Waals surface area contributed by atoms with Gasteiger partial charge in [-0.25, -0.2) is 0 Å². The molecule has 1 saturated heterocycles. The molecule has 0 unspecified atom stereocenters. The molecule has 1 N–H and O–H groups in total. The normalized spacial score (nSPS) is 18.8. The maximum Gasteiger partial charge on any atom is 0.121 e. The third-order valence-corrected chi connectivity index (χ3v) is 9.85. The number of benzene rings is 3. The highest BCUT2D eigenvalue weighted by molar-refractivity contribution is 7.87. The molecular weight excluding hydrogens is 427 g/mol. The summed E-state index contributed by atoms with van der Waals surface area (Å²) in [4.78, 5) is 4.79. The summed E-state index contributed by atoms with van der Waals surface area (Å²) in [5.41, 5.74) is -1.36. The zero-order valence-corrected chi connectivity index (χ0v) is 20.7. The summed E-state index contributed by atoms with van der Waals surface area (Å²) in [7, 11) is -2.22. The second kappa shape index (κ2) is 9.26. The molecule has 0 atom stereocenters. The van der Waals surface area contributed by atoms with Gasteiger partial charge in [-0.1, -0.05) is 91.0 Å². The first-order valence-corrected chi connectivity index (χ1v) is 13.1. The van der Waals surface area contributed by atoms with Crippen molar-refractivity contribution in [3.05, 3.63) is 91.0 Å². The van der Waals surface area contributed by atoms with E-state index in [1.165, 1.54) is 15.9 Å². The zero-order valence-electron chi connectivity index (χ0n) is 19.8. The lowest BCUT2D eigenvalue weighted by molar-refractivity contribution is -0.241. The van der Waals surface area contributed by atoms with Gasteiger partial charge in [-0.3, -0.25) is 9.74 Å². The van der Waals surface area contributed by atoms with E-state index < -0.39 is 18.3 Å². The van der Waals surface area contributed by atoms with Crippen LogP contribution in [0.3, 0.4) is 0 Å². The molecule has 3 aromatic carbocycles. The first kappa shape index (κ1) is 23.4. The van der Waals surface area contributed by atoms with E-state index in [2.05, 4.69) is 78.1 Å². The minimum atomic E-state index is -2.22. The molecule has 0 amide bonds. The Kier molecular flexibility index (Phi) is 6.58. The Labute approximate surface area is 197 Å². The van der Waals surface area contributed by atoms with Gasteiger partial charge in [0.15, 0.2) is 0 Å². The highest BCUT2D eigenvalue weighted by Gasteiger charge is 2.50. The molecule has 0 spiro atoms. The first-order chi connectivity index (χ1) is 15.8. The van der Waals surface area contributed by atoms with Crippen molar-refractivity contribution in [1.82, 2.24) is 10.4 Å². The molecular formula is C27H32N4OP. The van der Waals surface area contributed by atoms with Crippen LogP contribution in [0.25, 0.3) is 0 Å². The van der Waals surface area contributed by atoms with Gasteiger partial charge in [0, 0.05) is 15.9 Å². The van der Waals surface area contributed by atoms with Crippen LogP contribution in [0.4, 0.5) is 0 Å². The van der Waals surface area contributed by atoms with Gasteiger partial charge in [0.2, 0.25) is 0 Å². The molecule has 171 valence electrons. The molecule has 1 aliphatic heterocycles. The molecule has 1 aliphatic rings. The van der Waals surface area contributed by atoms with Crippen LogP contribution in [0.2, 0.25) is 0 Å². The highest BCUT2D eigenvalue weighted by atomic mass is 31.2. The van der Waals surface area contributed by atoms with Crippen molar-refractivity contribution in [3.8, 4) is 0 Å². The molecule has 3 aromatic rings. The minimum absolute atomic E-state index is 0.518. The fourth-order valence-electron chi connectivity index (χ4n) is 4.50. The van der Waals surface area contributed by atoms with Gasteiger partial charge in [-0.2, -0.15) is 0 Å². The van der Waals surface area contributed by atoms with E-state index >= 15 is 0 Å². The second-order valence-corrected chi connectivity index (χ2v) is 12.4. The van der Waals surface area contributed by atoms with Gasteiger partial charge in [-0.05, 0) is 27.7 Å². The standard InChI is InChI=1S/C27H32N4OP/c1-26(2)25(30-27(3,4)31(26)32)28-20-21-29-33(22-14-8-5-9-15-22,23-16-10-6-11-17-23)24-18-12-7-13-19-24/h5-19H,20-21H2,1-4H3,(H,28,30). The van der Waals surface area contributed by atoms with Crippen molar-refractivity contribution in [2.45, 2.75) is 38.9 Å². The molecule has 6 heteroatoms. The van der Waals surface area contributed by atoms with E-state index in [-0.39, 0.29) is 0 Å². The molecule has 0 aliphatic carbocycles. The number of nitrogens with zero attached hydrogens (tertiary/aromatic N) is 3. The van der Waals surface area contributed by atoms with Gasteiger partial charge in [0.25, 0.3) is 0 Å². The average Bonchev–Trinajstić information content (AvgIpc) is 2.99. The van der Waals surface area contributed by atoms with Gasteiger partial charge in [0.1, 0.15) is 17.0 Å². The largest absolute Gasteiger partial charge is 0.353 e. The Hall–Kier alpha value is -2.72. The Balaban J connectivity index is 1.78. The quantitative estimate of drug-likeness (QED) is 0.441. The lowest BCUT2D eigenvalue weighted by Crippen LogP contribution is -2.48. The Morgan fingerprint density at radius 2 is 1.15 bits per heavy atom. The summed E-state index contributed by atoms with van der Waals surface area (Å²) in [5, 5.41) is 20.7. The molecule has 33 heavy (non-hydrogen) atoms. The molecule has 4 rings (SSSR count). The van der Waals surface area contributed by atoms with Crippen molar-refractivity contribution < 1.29 is 5.21 Å². The third-order valence-electron chi connectivity index (χ3n) is 6.09. The van der Waals surface area contributed by atoms with E-state index in [9.17, 15) is 5.21 Å². The molecule has 1 heterocycles. The number of hydrogen-bond acceptors (Lipinski definition) is 3. The molecule has 0 aromatic heterocycles. The summed E-state index contributed by atoms with van der Waals surface area (Å²) in [6, 6.07) is 31.7. The van der Waals surface area contributed by atoms with Crippen LogP contribution >= 0.6 is 7.05 Å². The lowest BCUT2D eigenvalue weighted by atomic mass is 10.1. The smallest absolute Gasteiger partial charge is 0.121 e. The van der Waals surface area contributed by atoms with Gasteiger partial charge < -0.3 is 5.32 Å². The Bertz CT molecular complexity index is 1060. The summed E-state index contributed by atoms with van der Waals surface area (Å²) >= 11 is 0. The fraction of sp³-hybridized carbons (Fsp3) is 0.296. The summed E-state index contributed by atoms with van der Waals surface area (Å²) < 4.78 is 5.41. The number of rotatable bonds is 6. The van der Waals surface area contributed by atoms with Crippen LogP contribution < -0.4 is 21.2 Å².